The SMILES string of the molecule is CCC(CC)(CNC(C)(C)C)CN1CCn2ccnc2C1. The molecule has 4 heteroatoms. The zero-order chi connectivity index (χ0) is 15.5. The van der Waals surface area contributed by atoms with Crippen molar-refractivity contribution in [1.82, 2.24) is 19.8 Å². The molecule has 21 heavy (non-hydrogen) atoms. The Hall–Kier alpha value is -0.870. The monoisotopic (exact) mass is 292 g/mol. The number of nitrogens with zero attached hydrogens (tertiary/aromatic N) is 3. The topological polar surface area (TPSA) is 33.1 Å². The lowest BCUT2D eigenvalue weighted by Gasteiger charge is -2.40. The molecule has 1 N–H and O–H groups in total. The molecule has 0 saturated carbocycles. The maximum atomic E-state index is 4.48. The first kappa shape index (κ1) is 16.5. The number of imidazole rings is 1. The second kappa shape index (κ2) is 6.49. The number of hydrogen-bond acceptors (Lipinski definition) is 3. The third kappa shape index (κ3) is 4.30. The van der Waals surface area contributed by atoms with Crippen molar-refractivity contribution in [3.63, 3.8) is 0 Å². The van der Waals surface area contributed by atoms with Crippen molar-refractivity contribution in [1.29, 1.82) is 0 Å². The summed E-state index contributed by atoms with van der Waals surface area (Å²) in [6, 6.07) is 0. The van der Waals surface area contributed by atoms with Crippen LogP contribution in [-0.4, -0.2) is 39.6 Å². The van der Waals surface area contributed by atoms with Crippen molar-refractivity contribution in [3.05, 3.63) is 18.2 Å². The van der Waals surface area contributed by atoms with Gasteiger partial charge in [0.1, 0.15) is 5.82 Å². The molecule has 0 fully saturated rings. The predicted molar refractivity (Wildman–Crippen MR) is 88.3 cm³/mol. The summed E-state index contributed by atoms with van der Waals surface area (Å²) in [6.45, 7) is 16.9. The van der Waals surface area contributed by atoms with E-state index < -0.39 is 0 Å². The largest absolute Gasteiger partial charge is 0.333 e. The van der Waals surface area contributed by atoms with Gasteiger partial charge in [0, 0.05) is 44.1 Å². The van der Waals surface area contributed by atoms with Gasteiger partial charge in [-0.1, -0.05) is 13.8 Å². The van der Waals surface area contributed by atoms with Gasteiger partial charge in [-0.2, -0.15) is 0 Å². The molecule has 0 saturated heterocycles. The lowest BCUT2D eigenvalue weighted by Crippen LogP contribution is -2.49. The van der Waals surface area contributed by atoms with Gasteiger partial charge >= 0.3 is 0 Å². The molecule has 2 heterocycles. The van der Waals surface area contributed by atoms with E-state index >= 15 is 0 Å². The Balaban J connectivity index is 1.99. The summed E-state index contributed by atoms with van der Waals surface area (Å²) in [6.07, 6.45) is 6.46. The minimum atomic E-state index is 0.188. The smallest absolute Gasteiger partial charge is 0.122 e. The number of hydrogen-bond donors (Lipinski definition) is 1. The summed E-state index contributed by atoms with van der Waals surface area (Å²) < 4.78 is 2.28. The summed E-state index contributed by atoms with van der Waals surface area (Å²) in [4.78, 5) is 7.06. The third-order valence-corrected chi connectivity index (χ3v) is 4.88. The van der Waals surface area contributed by atoms with Gasteiger partial charge in [-0.15, -0.1) is 0 Å². The first-order valence-corrected chi connectivity index (χ1v) is 8.35. The molecule has 0 spiro atoms. The van der Waals surface area contributed by atoms with Crippen molar-refractivity contribution in [2.24, 2.45) is 5.41 Å². The summed E-state index contributed by atoms with van der Waals surface area (Å²) in [7, 11) is 0. The van der Waals surface area contributed by atoms with Crippen LogP contribution in [-0.2, 0) is 13.1 Å². The van der Waals surface area contributed by atoms with E-state index in [9.17, 15) is 0 Å². The molecule has 0 amide bonds. The van der Waals surface area contributed by atoms with E-state index in [2.05, 4.69) is 60.6 Å². The van der Waals surface area contributed by atoms with E-state index in [4.69, 9.17) is 0 Å². The van der Waals surface area contributed by atoms with Crippen molar-refractivity contribution in [3.8, 4) is 0 Å². The lowest BCUT2D eigenvalue weighted by molar-refractivity contribution is 0.104. The first-order chi connectivity index (χ1) is 9.87. The molecule has 0 radical (unpaired) electrons. The van der Waals surface area contributed by atoms with E-state index in [1.165, 1.54) is 18.7 Å². The molecule has 120 valence electrons. The molecule has 0 aromatic carbocycles. The quantitative estimate of drug-likeness (QED) is 0.875. The van der Waals surface area contributed by atoms with Crippen LogP contribution in [0.4, 0.5) is 0 Å². The van der Waals surface area contributed by atoms with Crippen LogP contribution in [0.5, 0.6) is 0 Å². The van der Waals surface area contributed by atoms with E-state index in [-0.39, 0.29) is 5.54 Å². The Morgan fingerprint density at radius 2 is 1.90 bits per heavy atom. The zero-order valence-electron chi connectivity index (χ0n) is 14.4. The number of aromatic nitrogens is 2. The highest BCUT2D eigenvalue weighted by Crippen LogP contribution is 2.29. The second-order valence-corrected chi connectivity index (χ2v) is 7.56. The molecule has 0 aliphatic carbocycles. The minimum absolute atomic E-state index is 0.188. The highest BCUT2D eigenvalue weighted by Gasteiger charge is 2.31. The van der Waals surface area contributed by atoms with Gasteiger partial charge in [-0.05, 0) is 39.0 Å². The predicted octanol–water partition coefficient (Wildman–Crippen LogP) is 2.89. The minimum Gasteiger partial charge on any atom is -0.333 e. The standard InChI is InChI=1S/C17H32N4/c1-6-17(7-2,13-19-16(3,4)5)14-20-10-11-21-9-8-18-15(21)12-20/h8-9,19H,6-7,10-14H2,1-5H3. The Morgan fingerprint density at radius 3 is 2.52 bits per heavy atom. The van der Waals surface area contributed by atoms with Crippen molar-refractivity contribution < 1.29 is 0 Å². The van der Waals surface area contributed by atoms with Crippen molar-refractivity contribution >= 4 is 0 Å². The molecular formula is C17H32N4. The fraction of sp³-hybridized carbons (Fsp3) is 0.824. The Labute approximate surface area is 129 Å². The number of rotatable bonds is 6. The fourth-order valence-electron chi connectivity index (χ4n) is 3.06. The normalized spacial score (nSPS) is 17.0. The number of nitrogens with one attached hydrogen (secondary N) is 1. The highest BCUT2D eigenvalue weighted by molar-refractivity contribution is 4.97. The maximum Gasteiger partial charge on any atom is 0.122 e. The fourth-order valence-corrected chi connectivity index (χ4v) is 3.06. The van der Waals surface area contributed by atoms with E-state index in [0.717, 1.165) is 32.7 Å². The molecule has 1 aromatic rings. The van der Waals surface area contributed by atoms with Gasteiger partial charge < -0.3 is 9.88 Å². The van der Waals surface area contributed by atoms with Crippen LogP contribution in [0.15, 0.2) is 12.4 Å². The van der Waals surface area contributed by atoms with Gasteiger partial charge in [-0.3, -0.25) is 4.90 Å². The van der Waals surface area contributed by atoms with E-state index in [0.29, 0.717) is 5.41 Å². The molecule has 1 aromatic heterocycles. The summed E-state index contributed by atoms with van der Waals surface area (Å²) in [5.74, 6) is 1.21. The molecule has 2 rings (SSSR count). The first-order valence-electron chi connectivity index (χ1n) is 8.35. The summed E-state index contributed by atoms with van der Waals surface area (Å²) >= 11 is 0. The van der Waals surface area contributed by atoms with Crippen molar-refractivity contribution in [2.45, 2.75) is 66.1 Å². The van der Waals surface area contributed by atoms with Crippen LogP contribution in [0.25, 0.3) is 0 Å². The molecule has 1 aliphatic heterocycles. The van der Waals surface area contributed by atoms with Crippen LogP contribution in [0, 0.1) is 5.41 Å². The Kier molecular flexibility index (Phi) is 5.10. The summed E-state index contributed by atoms with van der Waals surface area (Å²) in [5.41, 5.74) is 0.551. The van der Waals surface area contributed by atoms with E-state index in [1.54, 1.807) is 0 Å². The average molecular weight is 292 g/mol. The van der Waals surface area contributed by atoms with Gasteiger partial charge in [0.25, 0.3) is 0 Å². The van der Waals surface area contributed by atoms with Gasteiger partial charge in [0.05, 0.1) is 6.54 Å². The zero-order valence-corrected chi connectivity index (χ0v) is 14.4. The van der Waals surface area contributed by atoms with Crippen LogP contribution in [0.1, 0.15) is 53.3 Å². The van der Waals surface area contributed by atoms with E-state index in [1.807, 2.05) is 6.20 Å². The molecular weight excluding hydrogens is 260 g/mol. The average Bonchev–Trinajstić information content (AvgIpc) is 2.90. The van der Waals surface area contributed by atoms with Gasteiger partial charge in [0.2, 0.25) is 0 Å². The van der Waals surface area contributed by atoms with Crippen molar-refractivity contribution in [2.75, 3.05) is 19.6 Å². The maximum absolute atomic E-state index is 4.48. The molecule has 0 unspecified atom stereocenters. The molecule has 0 atom stereocenters. The molecule has 1 aliphatic rings. The Morgan fingerprint density at radius 1 is 1.19 bits per heavy atom. The van der Waals surface area contributed by atoms with Gasteiger partial charge in [-0.25, -0.2) is 4.98 Å². The van der Waals surface area contributed by atoms with Crippen LogP contribution in [0.3, 0.4) is 0 Å². The van der Waals surface area contributed by atoms with Crippen LogP contribution < -0.4 is 5.32 Å². The summed E-state index contributed by atoms with van der Waals surface area (Å²) in [5, 5.41) is 3.72. The molecule has 0 bridgehead atoms. The number of fused-ring (bicyclic) bond motifs is 1. The van der Waals surface area contributed by atoms with Crippen LogP contribution >= 0.6 is 0 Å². The lowest BCUT2D eigenvalue weighted by atomic mass is 9.80. The highest BCUT2D eigenvalue weighted by atomic mass is 15.2. The third-order valence-electron chi connectivity index (χ3n) is 4.88. The van der Waals surface area contributed by atoms with Gasteiger partial charge in [0.15, 0.2) is 0 Å². The second-order valence-electron chi connectivity index (χ2n) is 7.56. The molecule has 4 nitrogen and oxygen atoms in total. The Bertz CT molecular complexity index is 440. The van der Waals surface area contributed by atoms with Crippen LogP contribution in [0.2, 0.25) is 0 Å².